The molecule has 17 heavy (non-hydrogen) atoms. The number of rotatable bonds is 8. The smallest absolute Gasteiger partial charge is 0.220 e. The summed E-state index contributed by atoms with van der Waals surface area (Å²) in [6.45, 7) is 3.34. The van der Waals surface area contributed by atoms with Crippen molar-refractivity contribution < 1.29 is 9.32 Å². The average Bonchev–Trinajstić information content (AvgIpc) is 2.80. The highest BCUT2D eigenvalue weighted by Gasteiger charge is 2.06. The molecule has 1 aromatic heterocycles. The quantitative estimate of drug-likeness (QED) is 0.689. The van der Waals surface area contributed by atoms with E-state index in [2.05, 4.69) is 26.9 Å². The van der Waals surface area contributed by atoms with E-state index < -0.39 is 0 Å². The Bertz CT molecular complexity index is 313. The fourth-order valence-corrected chi connectivity index (χ4v) is 1.51. The minimum Gasteiger partial charge on any atom is -0.356 e. The fraction of sp³-hybridized carbons (Fsp3) is 0.727. The van der Waals surface area contributed by atoms with Crippen LogP contribution in [0.15, 0.2) is 10.9 Å². The maximum absolute atomic E-state index is 11.5. The van der Waals surface area contributed by atoms with Gasteiger partial charge in [-0.15, -0.1) is 0 Å². The van der Waals surface area contributed by atoms with Crippen LogP contribution >= 0.6 is 0 Å². The molecule has 3 N–H and O–H groups in total. The largest absolute Gasteiger partial charge is 0.356 e. The van der Waals surface area contributed by atoms with E-state index in [9.17, 15) is 4.79 Å². The van der Waals surface area contributed by atoms with Crippen LogP contribution in [0.5, 0.6) is 0 Å². The molecule has 1 unspecified atom stereocenters. The van der Waals surface area contributed by atoms with Gasteiger partial charge in [0.25, 0.3) is 0 Å². The second-order valence-electron chi connectivity index (χ2n) is 4.17. The van der Waals surface area contributed by atoms with Gasteiger partial charge in [-0.25, -0.2) is 0 Å². The van der Waals surface area contributed by atoms with Crippen molar-refractivity contribution in [3.05, 3.63) is 12.2 Å². The third-order valence-corrected chi connectivity index (χ3v) is 2.60. The SMILES string of the molecule is CC(CCN)CCC(=O)NCCc1ncon1. The molecule has 1 heterocycles. The Morgan fingerprint density at radius 1 is 1.59 bits per heavy atom. The van der Waals surface area contributed by atoms with Crippen LogP contribution in [0, 0.1) is 5.92 Å². The summed E-state index contributed by atoms with van der Waals surface area (Å²) in [5, 5.41) is 6.49. The molecule has 0 aliphatic rings. The fourth-order valence-electron chi connectivity index (χ4n) is 1.51. The van der Waals surface area contributed by atoms with Gasteiger partial charge in [0.05, 0.1) is 0 Å². The monoisotopic (exact) mass is 240 g/mol. The molecule has 0 aliphatic heterocycles. The molecular weight excluding hydrogens is 220 g/mol. The molecular formula is C11H20N4O2. The standard InChI is InChI=1S/C11H20N4O2/c1-9(4-6-12)2-3-11(16)13-7-5-10-14-8-17-15-10/h8-9H,2-7,12H2,1H3,(H,13,16). The zero-order valence-electron chi connectivity index (χ0n) is 10.2. The summed E-state index contributed by atoms with van der Waals surface area (Å²) < 4.78 is 4.59. The number of hydrogen-bond acceptors (Lipinski definition) is 5. The molecule has 1 atom stereocenters. The van der Waals surface area contributed by atoms with Crippen molar-refractivity contribution in [3.63, 3.8) is 0 Å². The molecule has 0 fully saturated rings. The zero-order valence-corrected chi connectivity index (χ0v) is 10.2. The molecule has 0 aliphatic carbocycles. The van der Waals surface area contributed by atoms with Crippen LogP contribution < -0.4 is 11.1 Å². The van der Waals surface area contributed by atoms with Crippen molar-refractivity contribution >= 4 is 5.91 Å². The Hall–Kier alpha value is -1.43. The first-order valence-corrected chi connectivity index (χ1v) is 5.94. The van der Waals surface area contributed by atoms with Gasteiger partial charge in [-0.05, 0) is 25.3 Å². The highest BCUT2D eigenvalue weighted by Crippen LogP contribution is 2.08. The lowest BCUT2D eigenvalue weighted by atomic mass is 10.0. The molecule has 1 aromatic rings. The molecule has 0 spiro atoms. The predicted octanol–water partition coefficient (Wildman–Crippen LogP) is 0.493. The van der Waals surface area contributed by atoms with Gasteiger partial charge in [0.1, 0.15) is 0 Å². The van der Waals surface area contributed by atoms with Crippen molar-refractivity contribution in [3.8, 4) is 0 Å². The summed E-state index contributed by atoms with van der Waals surface area (Å²) in [6, 6.07) is 0. The topological polar surface area (TPSA) is 94.0 Å². The Morgan fingerprint density at radius 2 is 2.41 bits per heavy atom. The van der Waals surface area contributed by atoms with Gasteiger partial charge in [0.15, 0.2) is 5.82 Å². The molecule has 0 saturated carbocycles. The first kappa shape index (κ1) is 13.6. The maximum Gasteiger partial charge on any atom is 0.220 e. The molecule has 1 rings (SSSR count). The summed E-state index contributed by atoms with van der Waals surface area (Å²) in [4.78, 5) is 15.3. The third-order valence-electron chi connectivity index (χ3n) is 2.60. The highest BCUT2D eigenvalue weighted by molar-refractivity contribution is 5.75. The molecule has 96 valence electrons. The minimum absolute atomic E-state index is 0.0670. The van der Waals surface area contributed by atoms with Gasteiger partial charge in [-0.3, -0.25) is 4.79 Å². The molecule has 6 heteroatoms. The van der Waals surface area contributed by atoms with E-state index in [0.717, 1.165) is 12.8 Å². The number of carbonyl (C=O) groups is 1. The number of nitrogens with zero attached hydrogens (tertiary/aromatic N) is 2. The lowest BCUT2D eigenvalue weighted by molar-refractivity contribution is -0.121. The van der Waals surface area contributed by atoms with Crippen LogP contribution in [-0.4, -0.2) is 29.1 Å². The number of amides is 1. The van der Waals surface area contributed by atoms with Gasteiger partial charge < -0.3 is 15.6 Å². The second-order valence-corrected chi connectivity index (χ2v) is 4.17. The Balaban J connectivity index is 2.05. The molecule has 1 amide bonds. The van der Waals surface area contributed by atoms with E-state index in [1.54, 1.807) is 0 Å². The lowest BCUT2D eigenvalue weighted by Gasteiger charge is -2.09. The van der Waals surface area contributed by atoms with Crippen molar-refractivity contribution in [2.24, 2.45) is 11.7 Å². The average molecular weight is 240 g/mol. The van der Waals surface area contributed by atoms with E-state index in [4.69, 9.17) is 5.73 Å². The second kappa shape index (κ2) is 7.78. The van der Waals surface area contributed by atoms with Crippen molar-refractivity contribution in [1.29, 1.82) is 0 Å². The van der Waals surface area contributed by atoms with E-state index >= 15 is 0 Å². The van der Waals surface area contributed by atoms with E-state index in [1.807, 2.05) is 0 Å². The number of nitrogens with one attached hydrogen (secondary N) is 1. The van der Waals surface area contributed by atoms with Gasteiger partial charge in [0.2, 0.25) is 12.3 Å². The molecule has 6 nitrogen and oxygen atoms in total. The van der Waals surface area contributed by atoms with Gasteiger partial charge in [0, 0.05) is 19.4 Å². The number of nitrogens with two attached hydrogens (primary N) is 1. The molecule has 0 aromatic carbocycles. The maximum atomic E-state index is 11.5. The third kappa shape index (κ3) is 6.01. The Kier molecular flexibility index (Phi) is 6.24. The number of carbonyl (C=O) groups excluding carboxylic acids is 1. The van der Waals surface area contributed by atoms with Crippen molar-refractivity contribution in [2.45, 2.75) is 32.6 Å². The number of hydrogen-bond donors (Lipinski definition) is 2. The molecule has 0 radical (unpaired) electrons. The van der Waals surface area contributed by atoms with Crippen LogP contribution in [0.4, 0.5) is 0 Å². The summed E-state index contributed by atoms with van der Waals surface area (Å²) in [5.41, 5.74) is 5.45. The zero-order chi connectivity index (χ0) is 12.5. The van der Waals surface area contributed by atoms with Crippen LogP contribution in [0.3, 0.4) is 0 Å². The van der Waals surface area contributed by atoms with Crippen LogP contribution in [0.2, 0.25) is 0 Å². The first-order valence-electron chi connectivity index (χ1n) is 5.94. The minimum atomic E-state index is 0.0670. The summed E-state index contributed by atoms with van der Waals surface area (Å²) in [7, 11) is 0. The molecule has 0 saturated heterocycles. The van der Waals surface area contributed by atoms with Crippen LogP contribution in [0.25, 0.3) is 0 Å². The number of aromatic nitrogens is 2. The molecule has 0 bridgehead atoms. The van der Waals surface area contributed by atoms with E-state index in [1.165, 1.54) is 6.39 Å². The van der Waals surface area contributed by atoms with Gasteiger partial charge >= 0.3 is 0 Å². The predicted molar refractivity (Wildman–Crippen MR) is 63.1 cm³/mol. The van der Waals surface area contributed by atoms with Crippen molar-refractivity contribution in [2.75, 3.05) is 13.1 Å². The van der Waals surface area contributed by atoms with Gasteiger partial charge in [-0.2, -0.15) is 4.98 Å². The first-order chi connectivity index (χ1) is 8.22. The summed E-state index contributed by atoms with van der Waals surface area (Å²) in [6.07, 6.45) is 4.28. The van der Waals surface area contributed by atoms with E-state index in [0.29, 0.717) is 37.7 Å². The van der Waals surface area contributed by atoms with Gasteiger partial charge in [-0.1, -0.05) is 12.1 Å². The lowest BCUT2D eigenvalue weighted by Crippen LogP contribution is -2.26. The van der Waals surface area contributed by atoms with Crippen molar-refractivity contribution in [1.82, 2.24) is 15.5 Å². The summed E-state index contributed by atoms with van der Waals surface area (Å²) in [5.74, 6) is 1.18. The highest BCUT2D eigenvalue weighted by atomic mass is 16.5. The van der Waals surface area contributed by atoms with Crippen LogP contribution in [-0.2, 0) is 11.2 Å². The Labute approximate surface area is 101 Å². The normalized spacial score (nSPS) is 12.4. The summed E-state index contributed by atoms with van der Waals surface area (Å²) >= 11 is 0. The van der Waals surface area contributed by atoms with E-state index in [-0.39, 0.29) is 5.91 Å². The van der Waals surface area contributed by atoms with Crippen LogP contribution in [0.1, 0.15) is 32.0 Å². The Morgan fingerprint density at radius 3 is 3.06 bits per heavy atom.